The van der Waals surface area contributed by atoms with Gasteiger partial charge in [-0.2, -0.15) is 0 Å². The Balaban J connectivity index is 2.39. The van der Waals surface area contributed by atoms with Gasteiger partial charge in [-0.25, -0.2) is 13.1 Å². The Morgan fingerprint density at radius 2 is 2.04 bits per heavy atom. The number of halogens is 1. The van der Waals surface area contributed by atoms with Crippen LogP contribution in [0.1, 0.15) is 19.8 Å². The van der Waals surface area contributed by atoms with Gasteiger partial charge in [0.1, 0.15) is 0 Å². The van der Waals surface area contributed by atoms with Crippen molar-refractivity contribution >= 4 is 31.9 Å². The fourth-order valence-electron chi connectivity index (χ4n) is 1.89. The minimum Gasteiger partial charge on any atom is -0.354 e. The van der Waals surface area contributed by atoms with Gasteiger partial charge in [-0.3, -0.25) is 4.79 Å². The lowest BCUT2D eigenvalue weighted by atomic mass is 10.2. The zero-order valence-corrected chi connectivity index (χ0v) is 16.1. The lowest BCUT2D eigenvalue weighted by molar-refractivity contribution is -0.121. The molecule has 0 bridgehead atoms. The summed E-state index contributed by atoms with van der Waals surface area (Å²) >= 11 is 3.24. The molecule has 1 rings (SSSR count). The van der Waals surface area contributed by atoms with Gasteiger partial charge in [-0.15, -0.1) is 0 Å². The number of nitrogens with one attached hydrogen (secondary N) is 2. The molecule has 1 atom stereocenters. The van der Waals surface area contributed by atoms with Crippen molar-refractivity contribution in [3.05, 3.63) is 28.7 Å². The molecule has 0 heterocycles. The van der Waals surface area contributed by atoms with E-state index < -0.39 is 10.0 Å². The average Bonchev–Trinajstić information content (AvgIpc) is 2.45. The van der Waals surface area contributed by atoms with E-state index in [9.17, 15) is 13.2 Å². The third-order valence-corrected chi connectivity index (χ3v) is 5.12. The molecule has 130 valence electrons. The molecular weight excluding hydrogens is 382 g/mol. The van der Waals surface area contributed by atoms with E-state index in [2.05, 4.69) is 30.9 Å². The predicted molar refractivity (Wildman–Crippen MR) is 94.7 cm³/mol. The maximum atomic E-state index is 12.1. The average molecular weight is 406 g/mol. The maximum absolute atomic E-state index is 12.1. The van der Waals surface area contributed by atoms with Gasteiger partial charge in [0, 0.05) is 23.5 Å². The van der Waals surface area contributed by atoms with Crippen molar-refractivity contribution in [3.63, 3.8) is 0 Å². The van der Waals surface area contributed by atoms with E-state index in [1.165, 1.54) is 12.1 Å². The Kier molecular flexibility index (Phi) is 8.18. The van der Waals surface area contributed by atoms with Crippen molar-refractivity contribution in [2.45, 2.75) is 30.7 Å². The molecular formula is C15H24BrN3O3S. The molecule has 0 aliphatic heterocycles. The first-order chi connectivity index (χ1) is 10.7. The van der Waals surface area contributed by atoms with Gasteiger partial charge in [-0.1, -0.05) is 22.0 Å². The van der Waals surface area contributed by atoms with Crippen molar-refractivity contribution in [1.29, 1.82) is 0 Å². The molecule has 0 aromatic heterocycles. The molecule has 1 amide bonds. The van der Waals surface area contributed by atoms with Crippen LogP contribution < -0.4 is 10.0 Å². The van der Waals surface area contributed by atoms with Gasteiger partial charge in [0.05, 0.1) is 4.90 Å². The highest BCUT2D eigenvalue weighted by atomic mass is 79.9. The van der Waals surface area contributed by atoms with Crippen LogP contribution in [0, 0.1) is 0 Å². The number of sulfonamides is 1. The largest absolute Gasteiger partial charge is 0.354 e. The number of rotatable bonds is 9. The molecule has 1 unspecified atom stereocenters. The summed E-state index contributed by atoms with van der Waals surface area (Å²) in [5.74, 6) is -0.159. The number of carbonyl (C=O) groups is 1. The third-order valence-electron chi connectivity index (χ3n) is 3.17. The molecule has 0 radical (unpaired) electrons. The number of amides is 1. The molecule has 0 aliphatic carbocycles. The Bertz CT molecular complexity index is 620. The van der Waals surface area contributed by atoms with Crippen molar-refractivity contribution in [2.75, 3.05) is 27.2 Å². The highest BCUT2D eigenvalue weighted by Crippen LogP contribution is 2.15. The van der Waals surface area contributed by atoms with Crippen molar-refractivity contribution < 1.29 is 13.2 Å². The minimum atomic E-state index is -3.60. The maximum Gasteiger partial charge on any atom is 0.240 e. The van der Waals surface area contributed by atoms with Gasteiger partial charge in [0.25, 0.3) is 0 Å². The summed E-state index contributed by atoms with van der Waals surface area (Å²) in [6, 6.07) is 6.49. The molecule has 6 nitrogen and oxygen atoms in total. The first kappa shape index (κ1) is 20.1. The summed E-state index contributed by atoms with van der Waals surface area (Å²) in [4.78, 5) is 14.0. The van der Waals surface area contributed by atoms with Crippen LogP contribution in [0.2, 0.25) is 0 Å². The summed E-state index contributed by atoms with van der Waals surface area (Å²) in [5.41, 5.74) is 0. The van der Waals surface area contributed by atoms with E-state index in [0.29, 0.717) is 4.47 Å². The standard InChI is InChI=1S/C15H24BrN3O3S/c1-12(8-10-19(2)3)18-15(20)7-9-17-23(21,22)14-6-4-5-13(16)11-14/h4-6,11-12,17H,7-10H2,1-3H3,(H,18,20). The first-order valence-electron chi connectivity index (χ1n) is 7.40. The smallest absolute Gasteiger partial charge is 0.240 e. The lowest BCUT2D eigenvalue weighted by Crippen LogP contribution is -2.37. The van der Waals surface area contributed by atoms with Crippen LogP contribution in [0.15, 0.2) is 33.6 Å². The topological polar surface area (TPSA) is 78.5 Å². The van der Waals surface area contributed by atoms with Gasteiger partial charge in [0.15, 0.2) is 0 Å². The normalized spacial score (nSPS) is 13.1. The summed E-state index contributed by atoms with van der Waals surface area (Å²) < 4.78 is 27.3. The zero-order valence-electron chi connectivity index (χ0n) is 13.7. The second-order valence-corrected chi connectivity index (χ2v) is 8.35. The SMILES string of the molecule is CC(CCN(C)C)NC(=O)CCNS(=O)(=O)c1cccc(Br)c1. The summed E-state index contributed by atoms with van der Waals surface area (Å²) in [5, 5.41) is 2.86. The van der Waals surface area contributed by atoms with Gasteiger partial charge in [-0.05, 0) is 52.2 Å². The minimum absolute atomic E-state index is 0.0617. The van der Waals surface area contributed by atoms with Crippen LogP contribution in [-0.2, 0) is 14.8 Å². The summed E-state index contributed by atoms with van der Waals surface area (Å²) in [6.07, 6.45) is 0.960. The highest BCUT2D eigenvalue weighted by Gasteiger charge is 2.15. The van der Waals surface area contributed by atoms with Crippen LogP contribution in [0.25, 0.3) is 0 Å². The second kappa shape index (κ2) is 9.36. The summed E-state index contributed by atoms with van der Waals surface area (Å²) in [6.45, 7) is 2.89. The molecule has 8 heteroatoms. The van der Waals surface area contributed by atoms with E-state index in [0.717, 1.165) is 13.0 Å². The Morgan fingerprint density at radius 1 is 1.35 bits per heavy atom. The van der Waals surface area contributed by atoms with Crippen molar-refractivity contribution in [2.24, 2.45) is 0 Å². The monoisotopic (exact) mass is 405 g/mol. The van der Waals surface area contributed by atoms with E-state index in [-0.39, 0.29) is 29.8 Å². The quantitative estimate of drug-likeness (QED) is 0.653. The van der Waals surface area contributed by atoms with Crippen molar-refractivity contribution in [1.82, 2.24) is 14.9 Å². The second-order valence-electron chi connectivity index (χ2n) is 5.67. The number of benzene rings is 1. The van der Waals surface area contributed by atoms with E-state index >= 15 is 0 Å². The van der Waals surface area contributed by atoms with Crippen LogP contribution >= 0.6 is 15.9 Å². The Labute approximate surface area is 146 Å². The number of nitrogens with zero attached hydrogens (tertiary/aromatic N) is 1. The highest BCUT2D eigenvalue weighted by molar-refractivity contribution is 9.10. The molecule has 0 saturated carbocycles. The van der Waals surface area contributed by atoms with Crippen LogP contribution in [0.3, 0.4) is 0 Å². The molecule has 1 aromatic carbocycles. The van der Waals surface area contributed by atoms with Gasteiger partial charge in [0.2, 0.25) is 15.9 Å². The van der Waals surface area contributed by atoms with Crippen molar-refractivity contribution in [3.8, 4) is 0 Å². The summed E-state index contributed by atoms with van der Waals surface area (Å²) in [7, 11) is 0.360. The number of hydrogen-bond donors (Lipinski definition) is 2. The van der Waals surface area contributed by atoms with Crippen LogP contribution in [0.5, 0.6) is 0 Å². The van der Waals surface area contributed by atoms with Gasteiger partial charge < -0.3 is 10.2 Å². The van der Waals surface area contributed by atoms with E-state index in [4.69, 9.17) is 0 Å². The zero-order chi connectivity index (χ0) is 17.5. The van der Waals surface area contributed by atoms with E-state index in [1.807, 2.05) is 21.0 Å². The molecule has 23 heavy (non-hydrogen) atoms. The molecule has 0 spiro atoms. The number of carbonyl (C=O) groups excluding carboxylic acids is 1. The lowest BCUT2D eigenvalue weighted by Gasteiger charge is -2.16. The van der Waals surface area contributed by atoms with Crippen LogP contribution in [-0.4, -0.2) is 52.5 Å². The third kappa shape index (κ3) is 7.92. The fourth-order valence-corrected chi connectivity index (χ4v) is 3.52. The molecule has 0 saturated heterocycles. The fraction of sp³-hybridized carbons (Fsp3) is 0.533. The molecule has 2 N–H and O–H groups in total. The van der Waals surface area contributed by atoms with Gasteiger partial charge >= 0.3 is 0 Å². The predicted octanol–water partition coefficient (Wildman–Crippen LogP) is 1.57. The first-order valence-corrected chi connectivity index (χ1v) is 9.67. The Hall–Kier alpha value is -0.960. The number of hydrogen-bond acceptors (Lipinski definition) is 4. The molecule has 0 fully saturated rings. The molecule has 1 aromatic rings. The van der Waals surface area contributed by atoms with E-state index in [1.54, 1.807) is 12.1 Å². The van der Waals surface area contributed by atoms with Crippen LogP contribution in [0.4, 0.5) is 0 Å². The molecule has 0 aliphatic rings. The Morgan fingerprint density at radius 3 is 2.65 bits per heavy atom.